The van der Waals surface area contributed by atoms with E-state index in [4.69, 9.17) is 4.74 Å². The van der Waals surface area contributed by atoms with Crippen molar-refractivity contribution in [3.63, 3.8) is 0 Å². The molecule has 132 valence electrons. The highest BCUT2D eigenvalue weighted by Crippen LogP contribution is 2.33. The first-order valence-corrected chi connectivity index (χ1v) is 9.09. The van der Waals surface area contributed by atoms with Gasteiger partial charge in [0.2, 0.25) is 16.9 Å². The van der Waals surface area contributed by atoms with Crippen molar-refractivity contribution in [2.75, 3.05) is 23.4 Å². The number of hydrogen-bond acceptors (Lipinski definition) is 6. The van der Waals surface area contributed by atoms with Crippen molar-refractivity contribution in [3.8, 4) is 5.75 Å². The number of hydrogen-bond donors (Lipinski definition) is 1. The number of aryl methyl sites for hydroxylation is 1. The monoisotopic (exact) mass is 360 g/mol. The summed E-state index contributed by atoms with van der Waals surface area (Å²) in [5.74, 6) is -0.0605. The average molecular weight is 360 g/mol. The van der Waals surface area contributed by atoms with E-state index in [1.165, 1.54) is 11.3 Å². The summed E-state index contributed by atoms with van der Waals surface area (Å²) >= 11 is 1.35. The molecule has 1 fully saturated rings. The molecule has 1 aromatic heterocycles. The maximum absolute atomic E-state index is 12.5. The molecule has 1 atom stereocenters. The Labute approximate surface area is 150 Å². The van der Waals surface area contributed by atoms with Gasteiger partial charge in [0.05, 0.1) is 18.2 Å². The molecular weight excluding hydrogens is 340 g/mol. The first kappa shape index (κ1) is 17.3. The van der Waals surface area contributed by atoms with Gasteiger partial charge in [0.25, 0.3) is 0 Å². The lowest BCUT2D eigenvalue weighted by atomic mass is 10.1. The molecule has 2 heterocycles. The molecule has 7 nitrogen and oxygen atoms in total. The lowest BCUT2D eigenvalue weighted by Crippen LogP contribution is -2.28. The van der Waals surface area contributed by atoms with E-state index in [9.17, 15) is 9.59 Å². The topological polar surface area (TPSA) is 84.4 Å². The number of rotatable bonds is 6. The van der Waals surface area contributed by atoms with Gasteiger partial charge >= 0.3 is 0 Å². The van der Waals surface area contributed by atoms with E-state index in [0.29, 0.717) is 29.7 Å². The number of nitrogens with zero attached hydrogens (tertiary/aromatic N) is 3. The number of benzene rings is 1. The van der Waals surface area contributed by atoms with E-state index in [1.54, 1.807) is 4.90 Å². The van der Waals surface area contributed by atoms with Crippen molar-refractivity contribution < 1.29 is 14.3 Å². The summed E-state index contributed by atoms with van der Waals surface area (Å²) in [6, 6.07) is 7.38. The largest absolute Gasteiger partial charge is 0.492 e. The number of carbonyl (C=O) groups is 2. The molecule has 1 saturated heterocycles. The van der Waals surface area contributed by atoms with E-state index in [2.05, 4.69) is 15.5 Å². The van der Waals surface area contributed by atoms with Crippen LogP contribution in [0, 0.1) is 5.92 Å². The van der Waals surface area contributed by atoms with E-state index in [-0.39, 0.29) is 18.2 Å². The third-order valence-corrected chi connectivity index (χ3v) is 4.93. The summed E-state index contributed by atoms with van der Waals surface area (Å²) in [4.78, 5) is 26.5. The molecule has 0 spiro atoms. The maximum atomic E-state index is 12.5. The fraction of sp³-hybridized carbons (Fsp3) is 0.412. The van der Waals surface area contributed by atoms with Crippen LogP contribution in [0.15, 0.2) is 24.3 Å². The molecule has 8 heteroatoms. The molecule has 0 bridgehead atoms. The third-order valence-electron chi connectivity index (χ3n) is 3.95. The van der Waals surface area contributed by atoms with Crippen molar-refractivity contribution in [3.05, 3.63) is 29.3 Å². The van der Waals surface area contributed by atoms with Crippen LogP contribution in [0.2, 0.25) is 0 Å². The normalized spacial score (nSPS) is 17.0. The van der Waals surface area contributed by atoms with Gasteiger partial charge in [-0.1, -0.05) is 30.4 Å². The molecule has 1 aliphatic heterocycles. The van der Waals surface area contributed by atoms with Crippen LogP contribution in [0.4, 0.5) is 10.8 Å². The van der Waals surface area contributed by atoms with Gasteiger partial charge < -0.3 is 15.0 Å². The van der Waals surface area contributed by atoms with Crippen LogP contribution in [-0.4, -0.2) is 35.2 Å². The fourth-order valence-corrected chi connectivity index (χ4v) is 3.41. The van der Waals surface area contributed by atoms with Gasteiger partial charge in [0.15, 0.2) is 0 Å². The standard InChI is InChI=1S/C17H20N4O3S/c1-3-14-19-20-17(25-14)18-16(23)11-9-15(22)21(10-11)12-7-5-6-8-13(12)24-4-2/h5-8,11H,3-4,9-10H2,1-2H3,(H,18,20,23). The summed E-state index contributed by atoms with van der Waals surface area (Å²) in [5, 5.41) is 12.0. The second-order valence-corrected chi connectivity index (χ2v) is 6.71. The molecule has 1 N–H and O–H groups in total. The van der Waals surface area contributed by atoms with E-state index >= 15 is 0 Å². The summed E-state index contributed by atoms with van der Waals surface area (Å²) in [6.07, 6.45) is 0.948. The Morgan fingerprint density at radius 2 is 2.16 bits per heavy atom. The number of anilines is 2. The molecule has 3 rings (SSSR count). The Morgan fingerprint density at radius 3 is 2.88 bits per heavy atom. The zero-order chi connectivity index (χ0) is 17.8. The number of carbonyl (C=O) groups excluding carboxylic acids is 2. The Bertz CT molecular complexity index is 777. The van der Waals surface area contributed by atoms with Crippen molar-refractivity contribution in [2.24, 2.45) is 5.92 Å². The minimum absolute atomic E-state index is 0.0844. The number of amides is 2. The summed E-state index contributed by atoms with van der Waals surface area (Å²) in [5.41, 5.74) is 0.703. The molecule has 25 heavy (non-hydrogen) atoms. The quantitative estimate of drug-likeness (QED) is 0.855. The lowest BCUT2D eigenvalue weighted by molar-refractivity contribution is -0.122. The van der Waals surface area contributed by atoms with E-state index in [0.717, 1.165) is 11.4 Å². The van der Waals surface area contributed by atoms with Crippen molar-refractivity contribution in [1.82, 2.24) is 10.2 Å². The minimum Gasteiger partial charge on any atom is -0.492 e. The van der Waals surface area contributed by atoms with E-state index < -0.39 is 5.92 Å². The smallest absolute Gasteiger partial charge is 0.231 e. The Balaban J connectivity index is 1.70. The molecule has 1 aromatic carbocycles. The predicted octanol–water partition coefficient (Wildman–Crippen LogP) is 2.49. The van der Waals surface area contributed by atoms with Gasteiger partial charge in [-0.15, -0.1) is 10.2 Å². The average Bonchev–Trinajstić information content (AvgIpc) is 3.22. The Kier molecular flexibility index (Phi) is 5.28. The van der Waals surface area contributed by atoms with Gasteiger partial charge in [-0.25, -0.2) is 0 Å². The van der Waals surface area contributed by atoms with Crippen LogP contribution in [0.3, 0.4) is 0 Å². The van der Waals surface area contributed by atoms with Crippen LogP contribution in [0.5, 0.6) is 5.75 Å². The van der Waals surface area contributed by atoms with Crippen molar-refractivity contribution in [2.45, 2.75) is 26.7 Å². The summed E-state index contributed by atoms with van der Waals surface area (Å²) in [7, 11) is 0. The second-order valence-electron chi connectivity index (χ2n) is 5.65. The number of para-hydroxylation sites is 2. The molecule has 2 amide bonds. The second kappa shape index (κ2) is 7.60. The van der Waals surface area contributed by atoms with E-state index in [1.807, 2.05) is 38.1 Å². The molecular formula is C17H20N4O3S. The minimum atomic E-state index is -0.420. The fourth-order valence-electron chi connectivity index (χ4n) is 2.73. The molecule has 0 aliphatic carbocycles. The van der Waals surface area contributed by atoms with Crippen molar-refractivity contribution >= 4 is 34.0 Å². The van der Waals surface area contributed by atoms with Gasteiger partial charge in [-0.2, -0.15) is 0 Å². The summed E-state index contributed by atoms with van der Waals surface area (Å²) in [6.45, 7) is 4.72. The van der Waals surface area contributed by atoms with Crippen LogP contribution in [0.1, 0.15) is 25.3 Å². The van der Waals surface area contributed by atoms with Crippen molar-refractivity contribution in [1.29, 1.82) is 0 Å². The number of nitrogens with one attached hydrogen (secondary N) is 1. The number of ether oxygens (including phenoxy) is 1. The molecule has 0 saturated carbocycles. The molecule has 1 unspecified atom stereocenters. The predicted molar refractivity (Wildman–Crippen MR) is 96.0 cm³/mol. The first-order valence-electron chi connectivity index (χ1n) is 8.27. The molecule has 2 aromatic rings. The summed E-state index contributed by atoms with van der Waals surface area (Å²) < 4.78 is 5.59. The Morgan fingerprint density at radius 1 is 1.36 bits per heavy atom. The zero-order valence-electron chi connectivity index (χ0n) is 14.2. The van der Waals surface area contributed by atoms with Crippen LogP contribution < -0.4 is 15.0 Å². The van der Waals surface area contributed by atoms with Gasteiger partial charge in [0, 0.05) is 13.0 Å². The van der Waals surface area contributed by atoms with Gasteiger partial charge in [-0.3, -0.25) is 9.59 Å². The first-order chi connectivity index (χ1) is 12.1. The highest BCUT2D eigenvalue weighted by Gasteiger charge is 2.36. The SMILES string of the molecule is CCOc1ccccc1N1CC(C(=O)Nc2nnc(CC)s2)CC1=O. The van der Waals surface area contributed by atoms with Crippen LogP contribution in [0.25, 0.3) is 0 Å². The third kappa shape index (κ3) is 3.79. The zero-order valence-corrected chi connectivity index (χ0v) is 15.0. The van der Waals surface area contributed by atoms with Gasteiger partial charge in [0.1, 0.15) is 10.8 Å². The van der Waals surface area contributed by atoms with Crippen LogP contribution in [-0.2, 0) is 16.0 Å². The Hall–Kier alpha value is -2.48. The maximum Gasteiger partial charge on any atom is 0.231 e. The highest BCUT2D eigenvalue weighted by atomic mass is 32.1. The highest BCUT2D eigenvalue weighted by molar-refractivity contribution is 7.15. The number of aromatic nitrogens is 2. The molecule has 0 radical (unpaired) electrons. The van der Waals surface area contributed by atoms with Gasteiger partial charge in [-0.05, 0) is 25.5 Å². The molecule has 1 aliphatic rings. The van der Waals surface area contributed by atoms with Crippen LogP contribution >= 0.6 is 11.3 Å². The lowest BCUT2D eigenvalue weighted by Gasteiger charge is -2.20.